The Kier molecular flexibility index (Phi) is 7.17. The first-order valence-corrected chi connectivity index (χ1v) is 4.94. The minimum atomic E-state index is -0.117. The Bertz CT molecular complexity index is 121. The van der Waals surface area contributed by atoms with Gasteiger partial charge in [0.25, 0.3) is 0 Å². The molecule has 12 heavy (non-hydrogen) atoms. The lowest BCUT2D eigenvalue weighted by Gasteiger charge is -2.02. The highest BCUT2D eigenvalue weighted by Gasteiger charge is 1.94. The van der Waals surface area contributed by atoms with Crippen LogP contribution in [-0.4, -0.2) is 11.2 Å². The fourth-order valence-corrected chi connectivity index (χ4v) is 1.15. The standard InChI is InChI=1S/C11H22O/c1-10(2)8-6-4-5-7-9-11(3)12/h8,11-12H,4-7,9H2,1-3H3. The summed E-state index contributed by atoms with van der Waals surface area (Å²) in [5.41, 5.74) is 1.41. The van der Waals surface area contributed by atoms with Crippen LogP contribution in [0.2, 0.25) is 0 Å². The van der Waals surface area contributed by atoms with Crippen molar-refractivity contribution in [3.63, 3.8) is 0 Å². The third-order valence-corrected chi connectivity index (χ3v) is 1.88. The molecular formula is C11H22O. The van der Waals surface area contributed by atoms with E-state index >= 15 is 0 Å². The molecule has 72 valence electrons. The van der Waals surface area contributed by atoms with Crippen LogP contribution >= 0.6 is 0 Å². The minimum Gasteiger partial charge on any atom is -0.393 e. The van der Waals surface area contributed by atoms with Gasteiger partial charge in [0.05, 0.1) is 6.10 Å². The molecule has 0 aromatic rings. The minimum absolute atomic E-state index is 0.117. The SMILES string of the molecule is CC(C)=CCCCCCC(C)O. The molecule has 0 bridgehead atoms. The molecule has 0 aliphatic carbocycles. The highest BCUT2D eigenvalue weighted by molar-refractivity contribution is 4.92. The van der Waals surface area contributed by atoms with Crippen molar-refractivity contribution in [1.29, 1.82) is 0 Å². The summed E-state index contributed by atoms with van der Waals surface area (Å²) in [4.78, 5) is 0. The Morgan fingerprint density at radius 3 is 2.42 bits per heavy atom. The van der Waals surface area contributed by atoms with Crippen molar-refractivity contribution in [2.75, 3.05) is 0 Å². The lowest BCUT2D eigenvalue weighted by Crippen LogP contribution is -1.97. The number of aliphatic hydroxyl groups is 1. The highest BCUT2D eigenvalue weighted by atomic mass is 16.3. The molecule has 0 amide bonds. The molecule has 0 rings (SSSR count). The summed E-state index contributed by atoms with van der Waals surface area (Å²) < 4.78 is 0. The molecule has 1 heteroatoms. The van der Waals surface area contributed by atoms with E-state index in [1.165, 1.54) is 24.8 Å². The van der Waals surface area contributed by atoms with Crippen molar-refractivity contribution in [1.82, 2.24) is 0 Å². The molecule has 0 aromatic heterocycles. The van der Waals surface area contributed by atoms with Gasteiger partial charge in [0.15, 0.2) is 0 Å². The van der Waals surface area contributed by atoms with Gasteiger partial charge in [0.1, 0.15) is 0 Å². The Hall–Kier alpha value is -0.300. The summed E-state index contributed by atoms with van der Waals surface area (Å²) in [7, 11) is 0. The second-order valence-electron chi connectivity index (χ2n) is 3.77. The van der Waals surface area contributed by atoms with Crippen LogP contribution in [0.5, 0.6) is 0 Å². The smallest absolute Gasteiger partial charge is 0.0512 e. The van der Waals surface area contributed by atoms with Gasteiger partial charge in [0, 0.05) is 0 Å². The monoisotopic (exact) mass is 170 g/mol. The molecule has 0 radical (unpaired) electrons. The molecule has 1 N–H and O–H groups in total. The first kappa shape index (κ1) is 11.7. The molecule has 0 spiro atoms. The molecule has 0 aliphatic heterocycles. The molecular weight excluding hydrogens is 148 g/mol. The van der Waals surface area contributed by atoms with E-state index in [0.29, 0.717) is 0 Å². The van der Waals surface area contributed by atoms with Gasteiger partial charge in [-0.05, 0) is 40.0 Å². The molecule has 0 saturated carbocycles. The molecule has 0 fully saturated rings. The van der Waals surface area contributed by atoms with Crippen LogP contribution in [0.1, 0.15) is 52.9 Å². The predicted molar refractivity (Wildman–Crippen MR) is 54.2 cm³/mol. The molecule has 0 heterocycles. The first-order valence-electron chi connectivity index (χ1n) is 4.94. The second kappa shape index (κ2) is 7.35. The zero-order chi connectivity index (χ0) is 9.40. The van der Waals surface area contributed by atoms with Gasteiger partial charge < -0.3 is 5.11 Å². The van der Waals surface area contributed by atoms with Gasteiger partial charge in [0.2, 0.25) is 0 Å². The van der Waals surface area contributed by atoms with Crippen molar-refractivity contribution >= 4 is 0 Å². The van der Waals surface area contributed by atoms with E-state index in [1.54, 1.807) is 0 Å². The number of hydrogen-bond donors (Lipinski definition) is 1. The van der Waals surface area contributed by atoms with E-state index in [9.17, 15) is 0 Å². The summed E-state index contributed by atoms with van der Waals surface area (Å²) in [6, 6.07) is 0. The number of allylic oxidation sites excluding steroid dienone is 2. The van der Waals surface area contributed by atoms with Crippen molar-refractivity contribution < 1.29 is 5.11 Å². The zero-order valence-electron chi connectivity index (χ0n) is 8.64. The second-order valence-corrected chi connectivity index (χ2v) is 3.77. The first-order chi connectivity index (χ1) is 5.63. The van der Waals surface area contributed by atoms with E-state index < -0.39 is 0 Å². The maximum absolute atomic E-state index is 8.99. The third kappa shape index (κ3) is 9.70. The lowest BCUT2D eigenvalue weighted by atomic mass is 10.1. The van der Waals surface area contributed by atoms with E-state index in [-0.39, 0.29) is 6.10 Å². The van der Waals surface area contributed by atoms with Crippen molar-refractivity contribution in [3.8, 4) is 0 Å². The van der Waals surface area contributed by atoms with Crippen LogP contribution in [0.3, 0.4) is 0 Å². The van der Waals surface area contributed by atoms with Gasteiger partial charge in [-0.2, -0.15) is 0 Å². The van der Waals surface area contributed by atoms with E-state index in [0.717, 1.165) is 12.8 Å². The van der Waals surface area contributed by atoms with Gasteiger partial charge >= 0.3 is 0 Å². The Labute approximate surface area is 76.5 Å². The Morgan fingerprint density at radius 2 is 1.92 bits per heavy atom. The van der Waals surface area contributed by atoms with Gasteiger partial charge in [-0.1, -0.05) is 24.5 Å². The normalized spacial score (nSPS) is 12.7. The largest absolute Gasteiger partial charge is 0.393 e. The zero-order valence-corrected chi connectivity index (χ0v) is 8.64. The summed E-state index contributed by atoms with van der Waals surface area (Å²) >= 11 is 0. The lowest BCUT2D eigenvalue weighted by molar-refractivity contribution is 0.180. The molecule has 1 nitrogen and oxygen atoms in total. The maximum Gasteiger partial charge on any atom is 0.0512 e. The Morgan fingerprint density at radius 1 is 1.25 bits per heavy atom. The third-order valence-electron chi connectivity index (χ3n) is 1.88. The van der Waals surface area contributed by atoms with Crippen LogP contribution in [-0.2, 0) is 0 Å². The van der Waals surface area contributed by atoms with Crippen molar-refractivity contribution in [3.05, 3.63) is 11.6 Å². The van der Waals surface area contributed by atoms with E-state index in [1.807, 2.05) is 6.92 Å². The van der Waals surface area contributed by atoms with Gasteiger partial charge in [-0.3, -0.25) is 0 Å². The molecule has 0 aromatic carbocycles. The number of rotatable bonds is 6. The van der Waals surface area contributed by atoms with Gasteiger partial charge in [-0.15, -0.1) is 0 Å². The number of aliphatic hydroxyl groups excluding tert-OH is 1. The Balaban J connectivity index is 3.06. The van der Waals surface area contributed by atoms with E-state index in [2.05, 4.69) is 19.9 Å². The highest BCUT2D eigenvalue weighted by Crippen LogP contribution is 2.06. The average Bonchev–Trinajstić information content (AvgIpc) is 1.95. The molecule has 0 saturated heterocycles. The summed E-state index contributed by atoms with van der Waals surface area (Å²) in [6.07, 6.45) is 7.98. The molecule has 0 aliphatic rings. The number of unbranched alkanes of at least 4 members (excludes halogenated alkanes) is 3. The summed E-state index contributed by atoms with van der Waals surface area (Å²) in [5.74, 6) is 0. The van der Waals surface area contributed by atoms with E-state index in [4.69, 9.17) is 5.11 Å². The van der Waals surface area contributed by atoms with Crippen LogP contribution in [0.15, 0.2) is 11.6 Å². The van der Waals surface area contributed by atoms with Crippen LogP contribution in [0.25, 0.3) is 0 Å². The topological polar surface area (TPSA) is 20.2 Å². The summed E-state index contributed by atoms with van der Waals surface area (Å²) in [6.45, 7) is 6.13. The van der Waals surface area contributed by atoms with Crippen LogP contribution < -0.4 is 0 Å². The average molecular weight is 170 g/mol. The molecule has 1 atom stereocenters. The fraction of sp³-hybridized carbons (Fsp3) is 0.818. The van der Waals surface area contributed by atoms with Crippen LogP contribution in [0.4, 0.5) is 0 Å². The van der Waals surface area contributed by atoms with Crippen molar-refractivity contribution in [2.24, 2.45) is 0 Å². The quantitative estimate of drug-likeness (QED) is 0.479. The summed E-state index contributed by atoms with van der Waals surface area (Å²) in [5, 5.41) is 8.99. The number of hydrogen-bond acceptors (Lipinski definition) is 1. The predicted octanol–water partition coefficient (Wildman–Crippen LogP) is 3.28. The van der Waals surface area contributed by atoms with Crippen molar-refractivity contribution in [2.45, 2.75) is 59.0 Å². The fourth-order valence-electron chi connectivity index (χ4n) is 1.15. The van der Waals surface area contributed by atoms with Crippen LogP contribution in [0, 0.1) is 0 Å². The maximum atomic E-state index is 8.99. The van der Waals surface area contributed by atoms with Gasteiger partial charge in [-0.25, -0.2) is 0 Å². The molecule has 1 unspecified atom stereocenters.